The number of piperidine rings is 1. The van der Waals surface area contributed by atoms with Crippen LogP contribution in [0.3, 0.4) is 0 Å². The molecule has 1 fully saturated rings. The van der Waals surface area contributed by atoms with E-state index < -0.39 is 0 Å². The Bertz CT molecular complexity index is 315. The Labute approximate surface area is 131 Å². The summed E-state index contributed by atoms with van der Waals surface area (Å²) in [6.45, 7) is 8.76. The van der Waals surface area contributed by atoms with E-state index in [2.05, 4.69) is 49.1 Å². The van der Waals surface area contributed by atoms with Crippen LogP contribution in [-0.2, 0) is 0 Å². The van der Waals surface area contributed by atoms with E-state index in [4.69, 9.17) is 0 Å². The van der Waals surface area contributed by atoms with E-state index in [1.54, 1.807) is 0 Å². The van der Waals surface area contributed by atoms with Gasteiger partial charge in [-0.3, -0.25) is 5.32 Å². The van der Waals surface area contributed by atoms with Crippen molar-refractivity contribution in [1.82, 2.24) is 15.1 Å². The van der Waals surface area contributed by atoms with Gasteiger partial charge < -0.3 is 9.80 Å². The third-order valence-electron chi connectivity index (χ3n) is 4.90. The van der Waals surface area contributed by atoms with Crippen LogP contribution < -0.4 is 5.32 Å². The maximum Gasteiger partial charge on any atom is 0.106 e. The van der Waals surface area contributed by atoms with Gasteiger partial charge in [-0.1, -0.05) is 13.8 Å². The standard InChI is InChI=1S/C17H34N4/c1-5-11-19-17(6-2,15-18)10-7-12-21-13-8-16(9-14-21)20(3)4/h16,19H,5-14H2,1-4H3. The van der Waals surface area contributed by atoms with Gasteiger partial charge in [0, 0.05) is 6.04 Å². The predicted molar refractivity (Wildman–Crippen MR) is 89.3 cm³/mol. The molecule has 1 aliphatic rings. The summed E-state index contributed by atoms with van der Waals surface area (Å²) in [7, 11) is 4.37. The van der Waals surface area contributed by atoms with Crippen molar-refractivity contribution < 1.29 is 0 Å². The molecule has 4 nitrogen and oxygen atoms in total. The van der Waals surface area contributed by atoms with Crippen molar-refractivity contribution in [2.24, 2.45) is 0 Å². The third-order valence-corrected chi connectivity index (χ3v) is 4.90. The van der Waals surface area contributed by atoms with Crippen LogP contribution in [0, 0.1) is 11.3 Å². The Balaban J connectivity index is 2.30. The van der Waals surface area contributed by atoms with Crippen molar-refractivity contribution >= 4 is 0 Å². The first kappa shape index (κ1) is 18.4. The zero-order valence-electron chi connectivity index (χ0n) is 14.5. The topological polar surface area (TPSA) is 42.3 Å². The molecule has 1 unspecified atom stereocenters. The van der Waals surface area contributed by atoms with Crippen LogP contribution in [0.25, 0.3) is 0 Å². The van der Waals surface area contributed by atoms with E-state index in [9.17, 15) is 5.26 Å². The molecule has 1 heterocycles. The Morgan fingerprint density at radius 1 is 1.29 bits per heavy atom. The first-order valence-electron chi connectivity index (χ1n) is 8.62. The van der Waals surface area contributed by atoms with Crippen LogP contribution in [0.2, 0.25) is 0 Å². The van der Waals surface area contributed by atoms with E-state index in [0.717, 1.165) is 44.8 Å². The largest absolute Gasteiger partial charge is 0.306 e. The summed E-state index contributed by atoms with van der Waals surface area (Å²) in [5.74, 6) is 0. The van der Waals surface area contributed by atoms with E-state index in [-0.39, 0.29) is 5.54 Å². The van der Waals surface area contributed by atoms with Crippen molar-refractivity contribution in [3.63, 3.8) is 0 Å². The molecule has 0 aromatic carbocycles. The molecule has 1 aliphatic heterocycles. The van der Waals surface area contributed by atoms with Gasteiger partial charge in [0.05, 0.1) is 6.07 Å². The van der Waals surface area contributed by atoms with Crippen LogP contribution in [0.4, 0.5) is 0 Å². The van der Waals surface area contributed by atoms with Gasteiger partial charge in [-0.15, -0.1) is 0 Å². The fraction of sp³-hybridized carbons (Fsp3) is 0.941. The zero-order valence-corrected chi connectivity index (χ0v) is 14.5. The monoisotopic (exact) mass is 294 g/mol. The first-order chi connectivity index (χ1) is 10.1. The second-order valence-corrected chi connectivity index (χ2v) is 6.61. The highest BCUT2D eigenvalue weighted by Gasteiger charge is 2.27. The van der Waals surface area contributed by atoms with Gasteiger partial charge in [-0.2, -0.15) is 5.26 Å². The lowest BCUT2D eigenvalue weighted by Gasteiger charge is -2.35. The van der Waals surface area contributed by atoms with Crippen molar-refractivity contribution in [3.05, 3.63) is 0 Å². The maximum atomic E-state index is 9.50. The van der Waals surface area contributed by atoms with Gasteiger partial charge in [-0.05, 0) is 78.8 Å². The third kappa shape index (κ3) is 5.94. The second-order valence-electron chi connectivity index (χ2n) is 6.61. The number of nitrogens with one attached hydrogen (secondary N) is 1. The molecule has 1 N–H and O–H groups in total. The van der Waals surface area contributed by atoms with Crippen LogP contribution in [0.1, 0.15) is 52.4 Å². The van der Waals surface area contributed by atoms with Crippen LogP contribution in [0.15, 0.2) is 0 Å². The van der Waals surface area contributed by atoms with Gasteiger partial charge in [0.15, 0.2) is 0 Å². The van der Waals surface area contributed by atoms with E-state index in [1.807, 2.05) is 0 Å². The molecule has 21 heavy (non-hydrogen) atoms. The molecule has 0 aromatic heterocycles. The fourth-order valence-electron chi connectivity index (χ4n) is 3.19. The van der Waals surface area contributed by atoms with Crippen LogP contribution in [0.5, 0.6) is 0 Å². The van der Waals surface area contributed by atoms with Crippen molar-refractivity contribution in [2.45, 2.75) is 64.0 Å². The number of nitriles is 1. The highest BCUT2D eigenvalue weighted by molar-refractivity contribution is 5.06. The molecular weight excluding hydrogens is 260 g/mol. The molecule has 1 rings (SSSR count). The Hall–Kier alpha value is -0.630. The number of rotatable bonds is 9. The highest BCUT2D eigenvalue weighted by atomic mass is 15.2. The highest BCUT2D eigenvalue weighted by Crippen LogP contribution is 2.19. The number of hydrogen-bond acceptors (Lipinski definition) is 4. The quantitative estimate of drug-likeness (QED) is 0.709. The van der Waals surface area contributed by atoms with E-state index in [1.165, 1.54) is 25.9 Å². The molecule has 0 saturated carbocycles. The smallest absolute Gasteiger partial charge is 0.106 e. The summed E-state index contributed by atoms with van der Waals surface area (Å²) in [5.41, 5.74) is -0.308. The second kappa shape index (κ2) is 9.40. The Morgan fingerprint density at radius 2 is 1.95 bits per heavy atom. The summed E-state index contributed by atoms with van der Waals surface area (Å²) in [6.07, 6.45) is 6.61. The molecule has 122 valence electrons. The van der Waals surface area contributed by atoms with Gasteiger partial charge in [0.25, 0.3) is 0 Å². The molecule has 0 spiro atoms. The molecule has 0 aliphatic carbocycles. The van der Waals surface area contributed by atoms with Gasteiger partial charge in [0.1, 0.15) is 5.54 Å². The molecule has 0 radical (unpaired) electrons. The first-order valence-corrected chi connectivity index (χ1v) is 8.62. The number of nitrogens with zero attached hydrogens (tertiary/aromatic N) is 3. The SMILES string of the molecule is CCCNC(C#N)(CC)CCCN1CCC(N(C)C)CC1. The molecule has 4 heteroatoms. The fourth-order valence-corrected chi connectivity index (χ4v) is 3.19. The maximum absolute atomic E-state index is 9.50. The minimum Gasteiger partial charge on any atom is -0.306 e. The molecular formula is C17H34N4. The normalized spacial score (nSPS) is 20.4. The van der Waals surface area contributed by atoms with E-state index in [0.29, 0.717) is 0 Å². The minimum atomic E-state index is -0.308. The zero-order chi connectivity index (χ0) is 15.7. The summed E-state index contributed by atoms with van der Waals surface area (Å²) in [4.78, 5) is 4.92. The summed E-state index contributed by atoms with van der Waals surface area (Å²) in [5, 5.41) is 13.0. The summed E-state index contributed by atoms with van der Waals surface area (Å²) in [6, 6.07) is 3.27. The lowest BCUT2D eigenvalue weighted by Crippen LogP contribution is -2.45. The Morgan fingerprint density at radius 3 is 2.43 bits per heavy atom. The van der Waals surface area contributed by atoms with Crippen molar-refractivity contribution in [2.75, 3.05) is 40.3 Å². The molecule has 0 bridgehead atoms. The van der Waals surface area contributed by atoms with Gasteiger partial charge in [0.2, 0.25) is 0 Å². The van der Waals surface area contributed by atoms with Crippen molar-refractivity contribution in [1.29, 1.82) is 5.26 Å². The average Bonchev–Trinajstić information content (AvgIpc) is 2.51. The molecule has 0 aromatic rings. The number of hydrogen-bond donors (Lipinski definition) is 1. The average molecular weight is 294 g/mol. The van der Waals surface area contributed by atoms with E-state index >= 15 is 0 Å². The van der Waals surface area contributed by atoms with Crippen LogP contribution >= 0.6 is 0 Å². The summed E-state index contributed by atoms with van der Waals surface area (Å²) >= 11 is 0. The minimum absolute atomic E-state index is 0.308. The lowest BCUT2D eigenvalue weighted by atomic mass is 9.91. The van der Waals surface area contributed by atoms with Crippen molar-refractivity contribution in [3.8, 4) is 6.07 Å². The summed E-state index contributed by atoms with van der Waals surface area (Å²) < 4.78 is 0. The Kier molecular flexibility index (Phi) is 8.24. The van der Waals surface area contributed by atoms with Gasteiger partial charge in [-0.25, -0.2) is 0 Å². The lowest BCUT2D eigenvalue weighted by molar-refractivity contribution is 0.141. The number of likely N-dealkylation sites (tertiary alicyclic amines) is 1. The molecule has 1 atom stereocenters. The molecule has 1 saturated heterocycles. The van der Waals surface area contributed by atoms with Crippen LogP contribution in [-0.4, -0.2) is 61.7 Å². The molecule has 0 amide bonds. The predicted octanol–water partition coefficient (Wildman–Crippen LogP) is 2.46. The van der Waals surface area contributed by atoms with Gasteiger partial charge >= 0.3 is 0 Å².